The average molecular weight is 681 g/mol. The summed E-state index contributed by atoms with van der Waals surface area (Å²) in [5.41, 5.74) is 0.772. The van der Waals surface area contributed by atoms with E-state index in [0.717, 1.165) is 9.20 Å². The van der Waals surface area contributed by atoms with E-state index in [1.54, 1.807) is 68.4 Å². The Bertz CT molecular complexity index is 1540. The third kappa shape index (κ3) is 8.84. The van der Waals surface area contributed by atoms with Crippen LogP contribution in [0.4, 0.5) is 5.69 Å². The van der Waals surface area contributed by atoms with Crippen LogP contribution >= 0.6 is 35.0 Å². The molecule has 0 saturated heterocycles. The van der Waals surface area contributed by atoms with Gasteiger partial charge in [0.15, 0.2) is 0 Å². The minimum absolute atomic E-state index is 0.0169. The SMILES string of the molecule is CCOc1ccccc1N(CC(=O)N(Cc1ccc(Cl)cc1Cl)C(CC)C(=O)NC(C)CC)S(=O)(=O)c1ccc(SC)cc1. The summed E-state index contributed by atoms with van der Waals surface area (Å²) in [6.07, 6.45) is 2.89. The molecule has 2 amide bonds. The molecule has 0 heterocycles. The number of rotatable bonds is 15. The number of anilines is 1. The van der Waals surface area contributed by atoms with Crippen molar-refractivity contribution < 1.29 is 22.7 Å². The van der Waals surface area contributed by atoms with Gasteiger partial charge in [0, 0.05) is 27.5 Å². The Labute approximate surface area is 275 Å². The van der Waals surface area contributed by atoms with Crippen molar-refractivity contribution in [1.82, 2.24) is 10.2 Å². The van der Waals surface area contributed by atoms with Crippen molar-refractivity contribution in [3.63, 3.8) is 0 Å². The first-order chi connectivity index (χ1) is 21.0. The zero-order valence-electron chi connectivity index (χ0n) is 25.5. The lowest BCUT2D eigenvalue weighted by molar-refractivity contribution is -0.140. The molecular formula is C32H39Cl2N3O5S2. The second-order valence-electron chi connectivity index (χ2n) is 10.1. The van der Waals surface area contributed by atoms with E-state index in [2.05, 4.69) is 5.32 Å². The summed E-state index contributed by atoms with van der Waals surface area (Å²) in [7, 11) is -4.26. The van der Waals surface area contributed by atoms with Gasteiger partial charge in [0.05, 0.1) is 17.2 Å². The third-order valence-electron chi connectivity index (χ3n) is 7.10. The molecule has 0 radical (unpaired) electrons. The highest BCUT2D eigenvalue weighted by molar-refractivity contribution is 7.98. The number of amides is 2. The Morgan fingerprint density at radius 1 is 0.977 bits per heavy atom. The van der Waals surface area contributed by atoms with Crippen LogP contribution < -0.4 is 14.4 Å². The lowest BCUT2D eigenvalue weighted by atomic mass is 10.1. The molecule has 0 aliphatic heterocycles. The van der Waals surface area contributed by atoms with Crippen LogP contribution in [0.15, 0.2) is 76.5 Å². The van der Waals surface area contributed by atoms with Crippen molar-refractivity contribution in [3.8, 4) is 5.75 Å². The van der Waals surface area contributed by atoms with E-state index in [4.69, 9.17) is 27.9 Å². The maximum absolute atomic E-state index is 14.3. The van der Waals surface area contributed by atoms with Gasteiger partial charge in [-0.15, -0.1) is 11.8 Å². The highest BCUT2D eigenvalue weighted by Gasteiger charge is 2.35. The average Bonchev–Trinajstić information content (AvgIpc) is 3.01. The molecule has 3 rings (SSSR count). The number of thioether (sulfide) groups is 1. The normalized spacial score (nSPS) is 12.7. The second-order valence-corrected chi connectivity index (χ2v) is 13.7. The predicted molar refractivity (Wildman–Crippen MR) is 179 cm³/mol. The van der Waals surface area contributed by atoms with Gasteiger partial charge in [0.2, 0.25) is 11.8 Å². The molecule has 2 atom stereocenters. The monoisotopic (exact) mass is 679 g/mol. The minimum Gasteiger partial charge on any atom is -0.492 e. The molecule has 0 fully saturated rings. The molecule has 1 N–H and O–H groups in total. The summed E-state index contributed by atoms with van der Waals surface area (Å²) in [6, 6.07) is 17.0. The molecule has 8 nitrogen and oxygen atoms in total. The maximum Gasteiger partial charge on any atom is 0.264 e. The van der Waals surface area contributed by atoms with E-state index in [-0.39, 0.29) is 42.1 Å². The number of benzene rings is 3. The van der Waals surface area contributed by atoms with Gasteiger partial charge in [0.25, 0.3) is 10.0 Å². The quantitative estimate of drug-likeness (QED) is 0.173. The van der Waals surface area contributed by atoms with Crippen LogP contribution in [0.2, 0.25) is 10.0 Å². The Hall–Kier alpha value is -2.92. The predicted octanol–water partition coefficient (Wildman–Crippen LogP) is 7.03. The van der Waals surface area contributed by atoms with Crippen molar-refractivity contribution in [1.29, 1.82) is 0 Å². The molecule has 12 heteroatoms. The van der Waals surface area contributed by atoms with Gasteiger partial charge in [-0.05, 0) is 87.0 Å². The van der Waals surface area contributed by atoms with Crippen molar-refractivity contribution in [3.05, 3.63) is 82.3 Å². The largest absolute Gasteiger partial charge is 0.492 e. The number of nitrogens with one attached hydrogen (secondary N) is 1. The molecule has 238 valence electrons. The van der Waals surface area contributed by atoms with Gasteiger partial charge >= 0.3 is 0 Å². The summed E-state index contributed by atoms with van der Waals surface area (Å²) >= 11 is 14.1. The Morgan fingerprint density at radius 2 is 1.66 bits per heavy atom. The molecule has 2 unspecified atom stereocenters. The summed E-state index contributed by atoms with van der Waals surface area (Å²) in [5, 5.41) is 3.72. The molecule has 0 aliphatic carbocycles. The van der Waals surface area contributed by atoms with Crippen LogP contribution in [-0.4, -0.2) is 56.6 Å². The number of hydrogen-bond donors (Lipinski definition) is 1. The first kappa shape index (κ1) is 35.6. The molecule has 0 saturated carbocycles. The van der Waals surface area contributed by atoms with Gasteiger partial charge in [-0.2, -0.15) is 0 Å². The third-order valence-corrected chi connectivity index (χ3v) is 10.2. The molecule has 0 aromatic heterocycles. The molecule has 3 aromatic carbocycles. The Balaban J connectivity index is 2.14. The number of halogens is 2. The number of carbonyl (C=O) groups excluding carboxylic acids is 2. The molecule has 0 bridgehead atoms. The first-order valence-electron chi connectivity index (χ1n) is 14.4. The standard InChI is InChI=1S/C32H39Cl2N3O5S2/c1-6-22(4)35-32(39)28(7-2)36(20-23-13-14-24(33)19-27(23)34)31(38)21-37(29-11-9-10-12-30(29)42-8-3)44(40,41)26-17-15-25(43-5)16-18-26/h9-19,22,28H,6-8,20-21H2,1-5H3,(H,35,39). The van der Waals surface area contributed by atoms with Crippen molar-refractivity contribution in [2.24, 2.45) is 0 Å². The zero-order chi connectivity index (χ0) is 32.4. The smallest absolute Gasteiger partial charge is 0.264 e. The molecule has 3 aromatic rings. The Kier molecular flexibility index (Phi) is 13.3. The minimum atomic E-state index is -4.26. The fourth-order valence-corrected chi connectivity index (χ4v) is 6.82. The van der Waals surface area contributed by atoms with E-state index in [9.17, 15) is 18.0 Å². The van der Waals surface area contributed by atoms with Crippen LogP contribution in [0, 0.1) is 0 Å². The van der Waals surface area contributed by atoms with E-state index in [0.29, 0.717) is 27.8 Å². The van der Waals surface area contributed by atoms with E-state index < -0.39 is 28.5 Å². The molecule has 0 spiro atoms. The van der Waals surface area contributed by atoms with Gasteiger partial charge in [-0.1, -0.05) is 55.2 Å². The van der Waals surface area contributed by atoms with Crippen molar-refractivity contribution in [2.75, 3.05) is 23.7 Å². The number of nitrogens with zero attached hydrogens (tertiary/aromatic N) is 2. The van der Waals surface area contributed by atoms with E-state index in [1.165, 1.54) is 28.8 Å². The van der Waals surface area contributed by atoms with Gasteiger partial charge < -0.3 is 15.0 Å². The number of carbonyl (C=O) groups is 2. The highest BCUT2D eigenvalue weighted by atomic mass is 35.5. The summed E-state index contributed by atoms with van der Waals surface area (Å²) in [4.78, 5) is 30.1. The van der Waals surface area contributed by atoms with Crippen LogP contribution in [0.1, 0.15) is 46.1 Å². The summed E-state index contributed by atoms with van der Waals surface area (Å²) in [6.45, 7) is 7.09. The number of ether oxygens (including phenoxy) is 1. The van der Waals surface area contributed by atoms with Crippen LogP contribution in [0.5, 0.6) is 5.75 Å². The zero-order valence-corrected chi connectivity index (χ0v) is 28.7. The van der Waals surface area contributed by atoms with Crippen molar-refractivity contribution >= 4 is 62.5 Å². The van der Waals surface area contributed by atoms with Crippen LogP contribution in [0.3, 0.4) is 0 Å². The molecule has 0 aliphatic rings. The van der Waals surface area contributed by atoms with Gasteiger partial charge in [-0.25, -0.2) is 8.42 Å². The van der Waals surface area contributed by atoms with Gasteiger partial charge in [0.1, 0.15) is 18.3 Å². The number of hydrogen-bond acceptors (Lipinski definition) is 6. The van der Waals surface area contributed by atoms with Crippen molar-refractivity contribution in [2.45, 2.75) is 69.0 Å². The molecular weight excluding hydrogens is 641 g/mol. The van der Waals surface area contributed by atoms with Crippen LogP contribution in [0.25, 0.3) is 0 Å². The maximum atomic E-state index is 14.3. The first-order valence-corrected chi connectivity index (χ1v) is 17.8. The molecule has 44 heavy (non-hydrogen) atoms. The van der Waals surface area contributed by atoms with Gasteiger partial charge in [-0.3, -0.25) is 13.9 Å². The Morgan fingerprint density at radius 3 is 2.25 bits per heavy atom. The van der Waals surface area contributed by atoms with E-state index >= 15 is 0 Å². The number of para-hydroxylation sites is 2. The fourth-order valence-electron chi connectivity index (χ4n) is 4.52. The summed E-state index contributed by atoms with van der Waals surface area (Å²) < 4.78 is 35.3. The fraction of sp³-hybridized carbons (Fsp3) is 0.375. The highest BCUT2D eigenvalue weighted by Crippen LogP contribution is 2.33. The van der Waals surface area contributed by atoms with Crippen LogP contribution in [-0.2, 0) is 26.2 Å². The summed E-state index contributed by atoms with van der Waals surface area (Å²) in [5.74, 6) is -0.615. The van der Waals surface area contributed by atoms with E-state index in [1.807, 2.05) is 20.1 Å². The second kappa shape index (κ2) is 16.4. The topological polar surface area (TPSA) is 96.0 Å². The number of sulfonamides is 1. The lowest BCUT2D eigenvalue weighted by Crippen LogP contribution is -2.53. The lowest BCUT2D eigenvalue weighted by Gasteiger charge is -2.34.